The molecule has 0 saturated heterocycles. The van der Waals surface area contributed by atoms with Crippen molar-refractivity contribution >= 4 is 15.9 Å². The maximum absolute atomic E-state index is 5.17. The molecule has 0 amide bonds. The van der Waals surface area contributed by atoms with Crippen molar-refractivity contribution in [2.24, 2.45) is 0 Å². The number of hydrogen-bond acceptors (Lipinski definition) is 0. The molecule has 0 atom stereocenters. The predicted molar refractivity (Wildman–Crippen MR) is 46.5 cm³/mol. The van der Waals surface area contributed by atoms with Gasteiger partial charge in [0.2, 0.25) is 0 Å². The largest absolute Gasteiger partial charge is 0.141 e. The second-order valence-corrected chi connectivity index (χ2v) is 2.62. The Hall–Kier alpha value is -0.740. The summed E-state index contributed by atoms with van der Waals surface area (Å²) in [6.07, 6.45) is 5.17. The lowest BCUT2D eigenvalue weighted by atomic mass is 10.2. The van der Waals surface area contributed by atoms with Gasteiger partial charge < -0.3 is 0 Å². The SMILES string of the molecule is C#C[C](Br)c1ccccc1. The van der Waals surface area contributed by atoms with Crippen LogP contribution in [-0.2, 0) is 0 Å². The van der Waals surface area contributed by atoms with Crippen LogP contribution in [0.4, 0.5) is 0 Å². The van der Waals surface area contributed by atoms with Gasteiger partial charge in [-0.15, -0.1) is 6.42 Å². The first-order valence-electron chi connectivity index (χ1n) is 2.89. The summed E-state index contributed by atoms with van der Waals surface area (Å²) < 4.78 is 0. The molecule has 0 aliphatic carbocycles. The van der Waals surface area contributed by atoms with Crippen molar-refractivity contribution in [3.63, 3.8) is 0 Å². The zero-order valence-corrected chi connectivity index (χ0v) is 6.93. The van der Waals surface area contributed by atoms with Gasteiger partial charge in [0.05, 0.1) is 0 Å². The average Bonchev–Trinajstić information content (AvgIpc) is 2.05. The highest BCUT2D eigenvalue weighted by atomic mass is 79.9. The van der Waals surface area contributed by atoms with Crippen LogP contribution >= 0.6 is 15.9 Å². The van der Waals surface area contributed by atoms with E-state index >= 15 is 0 Å². The van der Waals surface area contributed by atoms with Crippen molar-refractivity contribution in [3.05, 3.63) is 40.7 Å². The highest BCUT2D eigenvalue weighted by Crippen LogP contribution is 2.18. The normalized spacial score (nSPS) is 9.30. The molecule has 0 N–H and O–H groups in total. The molecule has 0 aliphatic rings. The summed E-state index contributed by atoms with van der Waals surface area (Å²) in [6.45, 7) is 0. The number of halogens is 1. The van der Waals surface area contributed by atoms with Crippen molar-refractivity contribution < 1.29 is 0 Å². The summed E-state index contributed by atoms with van der Waals surface area (Å²) in [4.78, 5) is 0.799. The Morgan fingerprint density at radius 2 is 1.90 bits per heavy atom. The van der Waals surface area contributed by atoms with Crippen molar-refractivity contribution in [1.82, 2.24) is 0 Å². The minimum Gasteiger partial charge on any atom is -0.118 e. The van der Waals surface area contributed by atoms with Gasteiger partial charge in [0, 0.05) is 0 Å². The Kier molecular flexibility index (Phi) is 2.53. The average molecular weight is 194 g/mol. The second-order valence-electron chi connectivity index (χ2n) is 1.82. The van der Waals surface area contributed by atoms with Crippen LogP contribution < -0.4 is 0 Å². The highest BCUT2D eigenvalue weighted by molar-refractivity contribution is 9.11. The van der Waals surface area contributed by atoms with Crippen LogP contribution in [0.1, 0.15) is 5.56 Å². The van der Waals surface area contributed by atoms with E-state index in [-0.39, 0.29) is 0 Å². The molecular weight excluding hydrogens is 188 g/mol. The number of terminal acetylenes is 1. The van der Waals surface area contributed by atoms with E-state index in [9.17, 15) is 0 Å². The summed E-state index contributed by atoms with van der Waals surface area (Å²) in [5.74, 6) is 2.51. The molecule has 0 nitrogen and oxygen atoms in total. The third-order valence-electron chi connectivity index (χ3n) is 1.15. The van der Waals surface area contributed by atoms with Crippen LogP contribution in [0.25, 0.3) is 0 Å². The molecule has 0 saturated carbocycles. The summed E-state index contributed by atoms with van der Waals surface area (Å²) in [5, 5.41) is 0. The Morgan fingerprint density at radius 3 is 2.40 bits per heavy atom. The molecule has 10 heavy (non-hydrogen) atoms. The lowest BCUT2D eigenvalue weighted by Crippen LogP contribution is -1.83. The van der Waals surface area contributed by atoms with Gasteiger partial charge in [-0.2, -0.15) is 0 Å². The van der Waals surface area contributed by atoms with Crippen molar-refractivity contribution in [2.75, 3.05) is 0 Å². The molecule has 1 aromatic carbocycles. The third-order valence-corrected chi connectivity index (χ3v) is 1.84. The second kappa shape index (κ2) is 3.43. The lowest BCUT2D eigenvalue weighted by Gasteiger charge is -1.98. The van der Waals surface area contributed by atoms with Crippen molar-refractivity contribution in [2.45, 2.75) is 0 Å². The predicted octanol–water partition coefficient (Wildman–Crippen LogP) is 2.59. The molecule has 0 aliphatic heterocycles. The van der Waals surface area contributed by atoms with E-state index in [2.05, 4.69) is 21.9 Å². The number of hydrogen-bond donors (Lipinski definition) is 0. The minimum atomic E-state index is 0.799. The first-order valence-corrected chi connectivity index (χ1v) is 3.68. The molecule has 1 rings (SSSR count). The van der Waals surface area contributed by atoms with E-state index < -0.39 is 0 Å². The van der Waals surface area contributed by atoms with Gasteiger partial charge >= 0.3 is 0 Å². The topological polar surface area (TPSA) is 0 Å². The Labute approximate surface area is 69.4 Å². The van der Waals surface area contributed by atoms with Crippen LogP contribution in [-0.4, -0.2) is 0 Å². The van der Waals surface area contributed by atoms with E-state index in [1.807, 2.05) is 30.3 Å². The number of rotatable bonds is 1. The molecule has 1 radical (unpaired) electrons. The fourth-order valence-corrected chi connectivity index (χ4v) is 0.932. The first kappa shape index (κ1) is 7.37. The molecule has 0 spiro atoms. The van der Waals surface area contributed by atoms with Gasteiger partial charge in [-0.1, -0.05) is 52.2 Å². The molecule has 0 heterocycles. The van der Waals surface area contributed by atoms with E-state index in [1.165, 1.54) is 0 Å². The lowest BCUT2D eigenvalue weighted by molar-refractivity contribution is 1.53. The Morgan fingerprint density at radius 1 is 1.30 bits per heavy atom. The van der Waals surface area contributed by atoms with Gasteiger partial charge in [0.25, 0.3) is 0 Å². The zero-order chi connectivity index (χ0) is 7.40. The summed E-state index contributed by atoms with van der Waals surface area (Å²) in [6, 6.07) is 9.79. The Bertz CT molecular complexity index is 233. The zero-order valence-electron chi connectivity index (χ0n) is 5.34. The van der Waals surface area contributed by atoms with Gasteiger partial charge in [0.15, 0.2) is 0 Å². The molecule has 1 heteroatoms. The Balaban J connectivity index is 2.88. The fourth-order valence-electron chi connectivity index (χ4n) is 0.668. The summed E-state index contributed by atoms with van der Waals surface area (Å²) in [5.41, 5.74) is 1.05. The van der Waals surface area contributed by atoms with Crippen LogP contribution in [0.15, 0.2) is 30.3 Å². The molecule has 49 valence electrons. The molecule has 0 bridgehead atoms. The molecule has 0 unspecified atom stereocenters. The van der Waals surface area contributed by atoms with Gasteiger partial charge in [-0.25, -0.2) is 0 Å². The molecule has 1 aromatic rings. The van der Waals surface area contributed by atoms with E-state index in [1.54, 1.807) is 0 Å². The van der Waals surface area contributed by atoms with Crippen LogP contribution in [0.2, 0.25) is 0 Å². The maximum Gasteiger partial charge on any atom is 0.141 e. The monoisotopic (exact) mass is 193 g/mol. The fraction of sp³-hybridized carbons (Fsp3) is 0. The van der Waals surface area contributed by atoms with Gasteiger partial charge in [-0.3, -0.25) is 0 Å². The van der Waals surface area contributed by atoms with Crippen molar-refractivity contribution in [3.8, 4) is 12.3 Å². The van der Waals surface area contributed by atoms with Crippen molar-refractivity contribution in [1.29, 1.82) is 0 Å². The minimum absolute atomic E-state index is 0.799. The molecular formula is C9H6Br. The summed E-state index contributed by atoms with van der Waals surface area (Å²) >= 11 is 3.27. The highest BCUT2D eigenvalue weighted by Gasteiger charge is 2.00. The standard InChI is InChI=1S/C9H6Br/c1-2-9(10)8-6-4-3-5-7-8/h1,3-7H. The quantitative estimate of drug-likeness (QED) is 0.602. The van der Waals surface area contributed by atoms with Gasteiger partial charge in [0.1, 0.15) is 4.83 Å². The first-order chi connectivity index (χ1) is 4.84. The van der Waals surface area contributed by atoms with Crippen LogP contribution in [0.3, 0.4) is 0 Å². The smallest absolute Gasteiger partial charge is 0.118 e. The van der Waals surface area contributed by atoms with E-state index in [0.29, 0.717) is 0 Å². The maximum atomic E-state index is 5.17. The van der Waals surface area contributed by atoms with Gasteiger partial charge in [-0.05, 0) is 5.56 Å². The van der Waals surface area contributed by atoms with Crippen LogP contribution in [0.5, 0.6) is 0 Å². The molecule has 0 aromatic heterocycles. The number of benzene rings is 1. The van der Waals surface area contributed by atoms with E-state index in [4.69, 9.17) is 6.42 Å². The third kappa shape index (κ3) is 1.62. The van der Waals surface area contributed by atoms with Crippen LogP contribution in [0, 0.1) is 17.2 Å². The van der Waals surface area contributed by atoms with E-state index in [0.717, 1.165) is 10.4 Å². The summed E-state index contributed by atoms with van der Waals surface area (Å²) in [7, 11) is 0. The molecule has 0 fully saturated rings.